The second kappa shape index (κ2) is 10.3. The number of esters is 1. The Bertz CT molecular complexity index is 1560. The number of hydrogen-bond acceptors (Lipinski definition) is 6. The van der Waals surface area contributed by atoms with E-state index in [1.165, 1.54) is 4.90 Å². The van der Waals surface area contributed by atoms with Crippen molar-refractivity contribution in [1.82, 2.24) is 4.98 Å². The Hall–Kier alpha value is -4.78. The first-order chi connectivity index (χ1) is 18.3. The number of benzene rings is 3. The van der Waals surface area contributed by atoms with Gasteiger partial charge in [0.05, 0.1) is 24.1 Å². The SMILES string of the molecule is CC(C)OC(=O)Cc1ccc(N2C(=O)C(=O)/C(=C(\O)c3ccc4ccccc4c3)C2c2cccnc2)cc1. The Labute approximate surface area is 220 Å². The molecule has 1 unspecified atom stereocenters. The minimum absolute atomic E-state index is 0.0112. The zero-order valence-electron chi connectivity index (χ0n) is 21.0. The zero-order valence-corrected chi connectivity index (χ0v) is 21.0. The van der Waals surface area contributed by atoms with Crippen LogP contribution in [0.5, 0.6) is 0 Å². The van der Waals surface area contributed by atoms with Crippen LogP contribution in [0.2, 0.25) is 0 Å². The second-order valence-corrected chi connectivity index (χ2v) is 9.40. The van der Waals surface area contributed by atoms with E-state index in [0.29, 0.717) is 22.4 Å². The molecule has 1 aliphatic heterocycles. The smallest absolute Gasteiger partial charge is 0.310 e. The first-order valence-corrected chi connectivity index (χ1v) is 12.3. The standard InChI is InChI=1S/C31H26N2O5/c1-19(2)38-26(34)16-20-9-13-25(14-10-20)33-28(24-8-5-15-32-18-24)27(30(36)31(33)37)29(35)23-12-11-21-6-3-4-7-22(21)17-23/h3-15,17-19,28,35H,16H2,1-2H3/b29-27-. The summed E-state index contributed by atoms with van der Waals surface area (Å²) in [6.07, 6.45) is 3.05. The largest absolute Gasteiger partial charge is 0.507 e. The number of carbonyl (C=O) groups is 3. The summed E-state index contributed by atoms with van der Waals surface area (Å²) in [7, 11) is 0. The van der Waals surface area contributed by atoms with Crippen molar-refractivity contribution in [2.24, 2.45) is 0 Å². The maximum Gasteiger partial charge on any atom is 0.310 e. The minimum Gasteiger partial charge on any atom is -0.507 e. The molecule has 1 fully saturated rings. The molecule has 1 saturated heterocycles. The highest BCUT2D eigenvalue weighted by atomic mass is 16.5. The highest BCUT2D eigenvalue weighted by Gasteiger charge is 2.47. The van der Waals surface area contributed by atoms with Gasteiger partial charge in [0.25, 0.3) is 11.7 Å². The van der Waals surface area contributed by atoms with Crippen molar-refractivity contribution >= 4 is 39.9 Å². The molecule has 0 radical (unpaired) electrons. The van der Waals surface area contributed by atoms with E-state index in [2.05, 4.69) is 4.98 Å². The molecular weight excluding hydrogens is 480 g/mol. The van der Waals surface area contributed by atoms with Gasteiger partial charge in [-0.2, -0.15) is 0 Å². The molecule has 7 nitrogen and oxygen atoms in total. The lowest BCUT2D eigenvalue weighted by Gasteiger charge is -2.25. The number of aliphatic hydroxyl groups is 1. The van der Waals surface area contributed by atoms with Crippen molar-refractivity contribution in [3.05, 3.63) is 114 Å². The van der Waals surface area contributed by atoms with Crippen LogP contribution in [0.15, 0.2) is 96.8 Å². The Morgan fingerprint density at radius 2 is 1.71 bits per heavy atom. The van der Waals surface area contributed by atoms with E-state index >= 15 is 0 Å². The van der Waals surface area contributed by atoms with E-state index in [-0.39, 0.29) is 29.8 Å². The summed E-state index contributed by atoms with van der Waals surface area (Å²) in [5.74, 6) is -2.14. The van der Waals surface area contributed by atoms with Crippen LogP contribution in [0.1, 0.15) is 36.6 Å². The molecule has 0 saturated carbocycles. The number of ketones is 1. The number of carbonyl (C=O) groups excluding carboxylic acids is 3. The van der Waals surface area contributed by atoms with Crippen LogP contribution < -0.4 is 4.90 Å². The molecule has 3 aromatic carbocycles. The summed E-state index contributed by atoms with van der Waals surface area (Å²) in [5.41, 5.74) is 2.18. The van der Waals surface area contributed by atoms with Gasteiger partial charge >= 0.3 is 5.97 Å². The Kier molecular flexibility index (Phi) is 6.75. The van der Waals surface area contributed by atoms with Crippen molar-refractivity contribution in [3.8, 4) is 0 Å². The van der Waals surface area contributed by atoms with Crippen LogP contribution in [0.25, 0.3) is 16.5 Å². The van der Waals surface area contributed by atoms with Gasteiger partial charge in [-0.25, -0.2) is 0 Å². The van der Waals surface area contributed by atoms with E-state index in [9.17, 15) is 19.5 Å². The molecule has 38 heavy (non-hydrogen) atoms. The van der Waals surface area contributed by atoms with Crippen molar-refractivity contribution in [1.29, 1.82) is 0 Å². The van der Waals surface area contributed by atoms with Crippen molar-refractivity contribution in [2.45, 2.75) is 32.4 Å². The fraction of sp³-hybridized carbons (Fsp3) is 0.161. The normalized spacial score (nSPS) is 16.8. The maximum atomic E-state index is 13.4. The molecule has 190 valence electrons. The first-order valence-electron chi connectivity index (χ1n) is 12.3. The molecule has 4 aromatic rings. The number of rotatable bonds is 6. The van der Waals surface area contributed by atoms with Gasteiger partial charge in [-0.1, -0.05) is 54.6 Å². The minimum atomic E-state index is -0.882. The number of nitrogens with zero attached hydrogens (tertiary/aromatic N) is 2. The van der Waals surface area contributed by atoms with E-state index < -0.39 is 17.7 Å². The summed E-state index contributed by atoms with van der Waals surface area (Å²) in [5, 5.41) is 13.3. The summed E-state index contributed by atoms with van der Waals surface area (Å²) >= 11 is 0. The fourth-order valence-electron chi connectivity index (χ4n) is 4.69. The van der Waals surface area contributed by atoms with Crippen molar-refractivity contribution in [3.63, 3.8) is 0 Å². The molecule has 1 N–H and O–H groups in total. The number of fused-ring (bicyclic) bond motifs is 1. The average Bonchev–Trinajstić information content (AvgIpc) is 3.18. The predicted octanol–water partition coefficient (Wildman–Crippen LogP) is 5.36. The van der Waals surface area contributed by atoms with E-state index in [4.69, 9.17) is 4.74 Å². The average molecular weight is 507 g/mol. The Balaban J connectivity index is 1.57. The third-order valence-corrected chi connectivity index (χ3v) is 6.40. The number of anilines is 1. The highest BCUT2D eigenvalue weighted by Crippen LogP contribution is 2.42. The van der Waals surface area contributed by atoms with E-state index in [1.54, 1.807) is 74.8 Å². The van der Waals surface area contributed by atoms with Crippen molar-refractivity contribution in [2.75, 3.05) is 4.90 Å². The van der Waals surface area contributed by atoms with E-state index in [0.717, 1.165) is 10.8 Å². The topological polar surface area (TPSA) is 96.8 Å². The van der Waals surface area contributed by atoms with Gasteiger partial charge in [-0.15, -0.1) is 0 Å². The first kappa shape index (κ1) is 24.9. The molecule has 5 rings (SSSR count). The quantitative estimate of drug-likeness (QED) is 0.164. The lowest BCUT2D eigenvalue weighted by Crippen LogP contribution is -2.29. The van der Waals surface area contributed by atoms with Crippen LogP contribution >= 0.6 is 0 Å². The third kappa shape index (κ3) is 4.78. The van der Waals surface area contributed by atoms with Crippen LogP contribution in [-0.4, -0.2) is 33.9 Å². The Morgan fingerprint density at radius 1 is 0.974 bits per heavy atom. The van der Waals surface area contributed by atoms with Gasteiger partial charge < -0.3 is 9.84 Å². The summed E-state index contributed by atoms with van der Waals surface area (Å²) < 4.78 is 5.21. The number of aliphatic hydroxyl groups excluding tert-OH is 1. The van der Waals surface area contributed by atoms with Gasteiger partial charge in [0, 0.05) is 23.6 Å². The Morgan fingerprint density at radius 3 is 2.39 bits per heavy atom. The van der Waals surface area contributed by atoms with Gasteiger partial charge in [0.15, 0.2) is 0 Å². The highest BCUT2D eigenvalue weighted by molar-refractivity contribution is 6.51. The molecule has 1 atom stereocenters. The van der Waals surface area contributed by atoms with Gasteiger partial charge in [0.2, 0.25) is 0 Å². The monoisotopic (exact) mass is 506 g/mol. The van der Waals surface area contributed by atoms with E-state index in [1.807, 2.05) is 30.3 Å². The van der Waals surface area contributed by atoms with Crippen LogP contribution in [0.4, 0.5) is 5.69 Å². The van der Waals surface area contributed by atoms with Gasteiger partial charge in [0.1, 0.15) is 5.76 Å². The molecule has 1 amide bonds. The molecule has 1 aliphatic rings. The molecule has 0 bridgehead atoms. The fourth-order valence-corrected chi connectivity index (χ4v) is 4.69. The summed E-state index contributed by atoms with van der Waals surface area (Å²) in [6.45, 7) is 3.57. The van der Waals surface area contributed by atoms with Gasteiger partial charge in [-0.3, -0.25) is 24.3 Å². The zero-order chi connectivity index (χ0) is 26.8. The lowest BCUT2D eigenvalue weighted by molar-refractivity contribution is -0.146. The molecular formula is C31H26N2O5. The number of Topliss-reactive ketones (excluding diaryl/α,β-unsaturated/α-hetero) is 1. The summed E-state index contributed by atoms with van der Waals surface area (Å²) in [4.78, 5) is 44.3. The summed E-state index contributed by atoms with van der Waals surface area (Å²) in [6, 6.07) is 22.5. The number of aromatic nitrogens is 1. The van der Waals surface area contributed by atoms with Crippen LogP contribution in [0.3, 0.4) is 0 Å². The number of amides is 1. The molecule has 1 aromatic heterocycles. The molecule has 0 aliphatic carbocycles. The third-order valence-electron chi connectivity index (χ3n) is 6.40. The number of ether oxygens (including phenoxy) is 1. The number of pyridine rings is 1. The van der Waals surface area contributed by atoms with Crippen LogP contribution in [-0.2, 0) is 25.5 Å². The molecule has 2 heterocycles. The molecule has 0 spiro atoms. The maximum absolute atomic E-state index is 13.4. The van der Waals surface area contributed by atoms with Crippen LogP contribution in [0, 0.1) is 0 Å². The van der Waals surface area contributed by atoms with Gasteiger partial charge in [-0.05, 0) is 60.0 Å². The lowest BCUT2D eigenvalue weighted by atomic mass is 9.95. The van der Waals surface area contributed by atoms with Crippen molar-refractivity contribution < 1.29 is 24.2 Å². The predicted molar refractivity (Wildman–Crippen MR) is 144 cm³/mol. The molecule has 7 heteroatoms. The second-order valence-electron chi connectivity index (χ2n) is 9.40. The number of hydrogen-bond donors (Lipinski definition) is 1.